The van der Waals surface area contributed by atoms with Crippen molar-refractivity contribution in [3.05, 3.63) is 0 Å². The Kier molecular flexibility index (Phi) is 7.61. The molecule has 104 valence electrons. The number of amides is 1. The number of rotatable bonds is 8. The summed E-state index contributed by atoms with van der Waals surface area (Å²) in [7, 11) is 3.98. The minimum Gasteiger partial charge on any atom is -0.340 e. The average Bonchev–Trinajstić information content (AvgIpc) is 2.36. The molecule has 0 aliphatic rings. The van der Waals surface area contributed by atoms with Crippen LogP contribution in [0.3, 0.4) is 0 Å². The first-order valence-electron chi connectivity index (χ1n) is 6.82. The van der Waals surface area contributed by atoms with Gasteiger partial charge in [0.15, 0.2) is 0 Å². The fourth-order valence-electron chi connectivity index (χ4n) is 1.97. The van der Waals surface area contributed by atoms with Crippen molar-refractivity contribution >= 4 is 5.91 Å². The van der Waals surface area contributed by atoms with Gasteiger partial charge in [-0.05, 0) is 33.4 Å². The Bertz CT molecular complexity index is 290. The van der Waals surface area contributed by atoms with E-state index in [2.05, 4.69) is 17.9 Å². The van der Waals surface area contributed by atoms with E-state index in [4.69, 9.17) is 0 Å². The number of likely N-dealkylation sites (N-methyl/N-ethyl adjacent to an activating group) is 1. The summed E-state index contributed by atoms with van der Waals surface area (Å²) in [5, 5.41) is 9.33. The second-order valence-electron chi connectivity index (χ2n) is 5.00. The van der Waals surface area contributed by atoms with Crippen molar-refractivity contribution in [3.63, 3.8) is 0 Å². The lowest BCUT2D eigenvalue weighted by Gasteiger charge is -2.31. The summed E-state index contributed by atoms with van der Waals surface area (Å²) >= 11 is 0. The molecule has 4 heteroatoms. The van der Waals surface area contributed by atoms with Crippen LogP contribution in [0.15, 0.2) is 0 Å². The van der Waals surface area contributed by atoms with Gasteiger partial charge in [-0.15, -0.1) is 0 Å². The van der Waals surface area contributed by atoms with Crippen molar-refractivity contribution in [1.82, 2.24) is 9.80 Å². The molecule has 0 aromatic carbocycles. The summed E-state index contributed by atoms with van der Waals surface area (Å²) in [5.41, 5.74) is -0.832. The average molecular weight is 253 g/mol. The molecule has 0 unspecified atom stereocenters. The number of carbonyl (C=O) groups excluding carboxylic acids is 1. The topological polar surface area (TPSA) is 47.3 Å². The Morgan fingerprint density at radius 1 is 1.11 bits per heavy atom. The lowest BCUT2D eigenvalue weighted by atomic mass is 9.82. The Morgan fingerprint density at radius 2 is 1.67 bits per heavy atom. The van der Waals surface area contributed by atoms with E-state index in [0.29, 0.717) is 19.4 Å². The van der Waals surface area contributed by atoms with E-state index >= 15 is 0 Å². The third-order valence-corrected chi connectivity index (χ3v) is 3.43. The molecule has 4 nitrogen and oxygen atoms in total. The molecular weight excluding hydrogens is 226 g/mol. The fourth-order valence-corrected chi connectivity index (χ4v) is 1.97. The van der Waals surface area contributed by atoms with Crippen LogP contribution in [0.25, 0.3) is 0 Å². The van der Waals surface area contributed by atoms with E-state index in [-0.39, 0.29) is 5.91 Å². The molecule has 0 N–H and O–H groups in total. The zero-order valence-electron chi connectivity index (χ0n) is 12.5. The number of carbonyl (C=O) groups is 1. The van der Waals surface area contributed by atoms with Crippen molar-refractivity contribution < 1.29 is 4.79 Å². The highest BCUT2D eigenvalue weighted by Gasteiger charge is 2.37. The van der Waals surface area contributed by atoms with E-state index in [9.17, 15) is 10.1 Å². The minimum atomic E-state index is -0.832. The number of nitriles is 1. The summed E-state index contributed by atoms with van der Waals surface area (Å²) in [6.45, 7) is 8.16. The Morgan fingerprint density at radius 3 is 2.00 bits per heavy atom. The highest BCUT2D eigenvalue weighted by atomic mass is 16.2. The number of hydrogen-bond donors (Lipinski definition) is 0. The molecule has 0 bridgehead atoms. The zero-order chi connectivity index (χ0) is 14.2. The first-order chi connectivity index (χ1) is 8.47. The van der Waals surface area contributed by atoms with Crippen molar-refractivity contribution in [2.45, 2.75) is 40.0 Å². The van der Waals surface area contributed by atoms with Crippen LogP contribution in [0.5, 0.6) is 0 Å². The van der Waals surface area contributed by atoms with Crippen LogP contribution in [0.2, 0.25) is 0 Å². The van der Waals surface area contributed by atoms with Gasteiger partial charge < -0.3 is 9.80 Å². The van der Waals surface area contributed by atoms with Gasteiger partial charge in [0, 0.05) is 19.6 Å². The van der Waals surface area contributed by atoms with Crippen molar-refractivity contribution in [1.29, 1.82) is 5.26 Å². The van der Waals surface area contributed by atoms with Gasteiger partial charge in [0.1, 0.15) is 5.41 Å². The van der Waals surface area contributed by atoms with Crippen molar-refractivity contribution in [3.8, 4) is 6.07 Å². The van der Waals surface area contributed by atoms with E-state index in [1.165, 1.54) is 0 Å². The summed E-state index contributed by atoms with van der Waals surface area (Å²) in [6.07, 6.45) is 2.09. The van der Waals surface area contributed by atoms with Gasteiger partial charge in [-0.3, -0.25) is 4.79 Å². The minimum absolute atomic E-state index is 0.00120. The van der Waals surface area contributed by atoms with Crippen LogP contribution < -0.4 is 0 Å². The van der Waals surface area contributed by atoms with Crippen LogP contribution in [-0.2, 0) is 4.79 Å². The van der Waals surface area contributed by atoms with E-state index in [1.54, 1.807) is 0 Å². The van der Waals surface area contributed by atoms with Crippen LogP contribution in [0.4, 0.5) is 0 Å². The third-order valence-electron chi connectivity index (χ3n) is 3.43. The monoisotopic (exact) mass is 253 g/mol. The van der Waals surface area contributed by atoms with Gasteiger partial charge in [0.25, 0.3) is 0 Å². The number of hydrogen-bond acceptors (Lipinski definition) is 3. The second kappa shape index (κ2) is 8.10. The maximum absolute atomic E-state index is 12.5. The fraction of sp³-hybridized carbons (Fsp3) is 0.857. The molecule has 0 atom stereocenters. The smallest absolute Gasteiger partial charge is 0.243 e. The maximum atomic E-state index is 12.5. The predicted molar refractivity (Wildman–Crippen MR) is 74.1 cm³/mol. The van der Waals surface area contributed by atoms with Crippen LogP contribution >= 0.6 is 0 Å². The van der Waals surface area contributed by atoms with Gasteiger partial charge >= 0.3 is 0 Å². The molecule has 0 aliphatic heterocycles. The quantitative estimate of drug-likeness (QED) is 0.665. The largest absolute Gasteiger partial charge is 0.340 e. The molecule has 0 rings (SSSR count). The zero-order valence-corrected chi connectivity index (χ0v) is 12.5. The normalized spacial score (nSPS) is 11.4. The molecular formula is C14H27N3O. The van der Waals surface area contributed by atoms with Gasteiger partial charge in [0.2, 0.25) is 5.91 Å². The molecule has 0 aromatic heterocycles. The highest BCUT2D eigenvalue weighted by molar-refractivity contribution is 5.85. The molecule has 0 fully saturated rings. The maximum Gasteiger partial charge on any atom is 0.243 e. The van der Waals surface area contributed by atoms with Crippen LogP contribution in [-0.4, -0.2) is 49.4 Å². The Balaban J connectivity index is 4.88. The van der Waals surface area contributed by atoms with Gasteiger partial charge in [0.05, 0.1) is 6.07 Å². The molecule has 0 heterocycles. The molecule has 18 heavy (non-hydrogen) atoms. The van der Waals surface area contributed by atoms with E-state index < -0.39 is 5.41 Å². The molecule has 0 saturated carbocycles. The van der Waals surface area contributed by atoms with Crippen molar-refractivity contribution in [2.75, 3.05) is 33.7 Å². The molecule has 0 spiro atoms. The first-order valence-corrected chi connectivity index (χ1v) is 6.82. The first kappa shape index (κ1) is 16.9. The standard InChI is InChI=1S/C14H27N3O/c1-6-9-17(11-10-16(4)5)13(18)14(7-2,8-3)12-15/h6-11H2,1-5H3. The van der Waals surface area contributed by atoms with Gasteiger partial charge in [-0.1, -0.05) is 20.8 Å². The lowest BCUT2D eigenvalue weighted by Crippen LogP contribution is -2.45. The Labute approximate surface area is 112 Å². The summed E-state index contributed by atoms with van der Waals surface area (Å²) in [5.74, 6) is -0.00120. The molecule has 0 radical (unpaired) electrons. The highest BCUT2D eigenvalue weighted by Crippen LogP contribution is 2.28. The second-order valence-corrected chi connectivity index (χ2v) is 5.00. The predicted octanol–water partition coefficient (Wildman–Crippen LogP) is 2.12. The van der Waals surface area contributed by atoms with Crippen LogP contribution in [0, 0.1) is 16.7 Å². The number of nitrogens with zero attached hydrogens (tertiary/aromatic N) is 3. The SMILES string of the molecule is CCCN(CCN(C)C)C(=O)C(C#N)(CC)CC. The van der Waals surface area contributed by atoms with Crippen molar-refractivity contribution in [2.24, 2.45) is 5.41 Å². The Hall–Kier alpha value is -1.08. The van der Waals surface area contributed by atoms with E-state index in [1.807, 2.05) is 32.8 Å². The van der Waals surface area contributed by atoms with Crippen LogP contribution in [0.1, 0.15) is 40.0 Å². The third kappa shape index (κ3) is 4.30. The summed E-state index contributed by atoms with van der Waals surface area (Å²) in [6, 6.07) is 2.24. The molecule has 0 aromatic rings. The molecule has 0 saturated heterocycles. The van der Waals surface area contributed by atoms with Gasteiger partial charge in [-0.25, -0.2) is 0 Å². The molecule has 0 aliphatic carbocycles. The van der Waals surface area contributed by atoms with Gasteiger partial charge in [-0.2, -0.15) is 5.26 Å². The molecule has 1 amide bonds. The lowest BCUT2D eigenvalue weighted by molar-refractivity contribution is -0.139. The summed E-state index contributed by atoms with van der Waals surface area (Å²) < 4.78 is 0. The van der Waals surface area contributed by atoms with E-state index in [0.717, 1.165) is 19.5 Å². The summed E-state index contributed by atoms with van der Waals surface area (Å²) in [4.78, 5) is 16.4.